The number of methoxy groups -OCH3 is 1. The van der Waals surface area contributed by atoms with Crippen LogP contribution in [0, 0.1) is 5.92 Å². The molecule has 5 nitrogen and oxygen atoms in total. The third-order valence-electron chi connectivity index (χ3n) is 4.49. The number of aliphatic hydroxyl groups excluding tert-OH is 1. The third kappa shape index (κ3) is 3.00. The summed E-state index contributed by atoms with van der Waals surface area (Å²) in [6.07, 6.45) is 3.97. The summed E-state index contributed by atoms with van der Waals surface area (Å²) < 4.78 is 7.26. The van der Waals surface area contributed by atoms with Gasteiger partial charge in [0.25, 0.3) is 0 Å². The van der Waals surface area contributed by atoms with Crippen molar-refractivity contribution in [2.24, 2.45) is 13.0 Å². The molecule has 1 aromatic heterocycles. The second-order valence-corrected chi connectivity index (χ2v) is 6.00. The quantitative estimate of drug-likeness (QED) is 0.912. The molecule has 22 heavy (non-hydrogen) atoms. The first kappa shape index (κ1) is 15.1. The second-order valence-electron chi connectivity index (χ2n) is 6.00. The maximum absolute atomic E-state index is 9.71. The lowest BCUT2D eigenvalue weighted by Crippen LogP contribution is -2.21. The predicted octanol–water partition coefficient (Wildman–Crippen LogP) is 1.64. The lowest BCUT2D eigenvalue weighted by molar-refractivity contribution is 0.213. The zero-order valence-corrected chi connectivity index (χ0v) is 13.1. The van der Waals surface area contributed by atoms with E-state index in [-0.39, 0.29) is 12.5 Å². The van der Waals surface area contributed by atoms with Gasteiger partial charge in [-0.2, -0.15) is 5.10 Å². The van der Waals surface area contributed by atoms with E-state index in [0.717, 1.165) is 25.4 Å². The number of aromatic nitrogens is 2. The van der Waals surface area contributed by atoms with Gasteiger partial charge in [-0.05, 0) is 11.6 Å². The summed E-state index contributed by atoms with van der Waals surface area (Å²) in [6.45, 7) is 2.89. The minimum absolute atomic E-state index is 0.210. The average molecular weight is 301 g/mol. The normalized spacial score (nSPS) is 22.1. The van der Waals surface area contributed by atoms with Gasteiger partial charge in [0.15, 0.2) is 0 Å². The van der Waals surface area contributed by atoms with Crippen LogP contribution in [0.15, 0.2) is 36.7 Å². The van der Waals surface area contributed by atoms with Crippen LogP contribution in [-0.4, -0.2) is 46.6 Å². The molecular weight excluding hydrogens is 278 g/mol. The van der Waals surface area contributed by atoms with Crippen LogP contribution in [0.25, 0.3) is 0 Å². The van der Waals surface area contributed by atoms with Crippen LogP contribution in [0.2, 0.25) is 0 Å². The van der Waals surface area contributed by atoms with Gasteiger partial charge in [0, 0.05) is 56.9 Å². The van der Waals surface area contributed by atoms with Crippen LogP contribution in [0.3, 0.4) is 0 Å². The standard InChI is InChI=1S/C17H23N3O2/c1-19-8-14(7-18-19)16-11-20(10-15(16)12-21)9-13-5-3-4-6-17(13)22-2/h3-8,15-16,21H,9-12H2,1-2H3/t15-,16-/m0/s1. The molecular formula is C17H23N3O2. The lowest BCUT2D eigenvalue weighted by atomic mass is 9.92. The molecule has 1 N–H and O–H groups in total. The van der Waals surface area contributed by atoms with Gasteiger partial charge in [-0.3, -0.25) is 9.58 Å². The van der Waals surface area contributed by atoms with Gasteiger partial charge >= 0.3 is 0 Å². The zero-order valence-electron chi connectivity index (χ0n) is 13.1. The Labute approximate surface area is 131 Å². The molecule has 1 aliphatic rings. The molecule has 5 heteroatoms. The summed E-state index contributed by atoms with van der Waals surface area (Å²) in [4.78, 5) is 2.39. The Morgan fingerprint density at radius 2 is 2.14 bits per heavy atom. The average Bonchev–Trinajstić information content (AvgIpc) is 3.13. The minimum atomic E-state index is 0.210. The van der Waals surface area contributed by atoms with Crippen LogP contribution < -0.4 is 4.74 Å². The molecule has 2 heterocycles. The number of nitrogens with zero attached hydrogens (tertiary/aromatic N) is 3. The summed E-state index contributed by atoms with van der Waals surface area (Å²) in [5, 5.41) is 14.0. The number of rotatable bonds is 5. The van der Waals surface area contributed by atoms with E-state index in [9.17, 15) is 5.11 Å². The number of aryl methyl sites for hydroxylation is 1. The number of ether oxygens (including phenoxy) is 1. The molecule has 1 saturated heterocycles. The van der Waals surface area contributed by atoms with Crippen LogP contribution in [-0.2, 0) is 13.6 Å². The highest BCUT2D eigenvalue weighted by Crippen LogP contribution is 2.33. The summed E-state index contributed by atoms with van der Waals surface area (Å²) >= 11 is 0. The van der Waals surface area contributed by atoms with Gasteiger partial charge in [-0.25, -0.2) is 0 Å². The first-order chi connectivity index (χ1) is 10.7. The largest absolute Gasteiger partial charge is 0.496 e. The summed E-state index contributed by atoms with van der Waals surface area (Å²) in [6, 6.07) is 8.12. The van der Waals surface area contributed by atoms with E-state index in [4.69, 9.17) is 4.74 Å². The van der Waals surface area contributed by atoms with Crippen molar-refractivity contribution in [1.82, 2.24) is 14.7 Å². The summed E-state index contributed by atoms with van der Waals surface area (Å²) in [5.74, 6) is 1.53. The molecule has 1 fully saturated rings. The number of aliphatic hydroxyl groups is 1. The number of para-hydroxylation sites is 1. The van der Waals surface area contributed by atoms with Crippen LogP contribution in [0.4, 0.5) is 0 Å². The van der Waals surface area contributed by atoms with E-state index in [1.54, 1.807) is 7.11 Å². The lowest BCUT2D eigenvalue weighted by Gasteiger charge is -2.17. The minimum Gasteiger partial charge on any atom is -0.496 e. The molecule has 2 atom stereocenters. The zero-order chi connectivity index (χ0) is 15.5. The number of hydrogen-bond acceptors (Lipinski definition) is 4. The molecule has 1 aromatic carbocycles. The molecule has 0 bridgehead atoms. The van der Waals surface area contributed by atoms with Crippen LogP contribution in [0.1, 0.15) is 17.0 Å². The Hall–Kier alpha value is -1.85. The maximum atomic E-state index is 9.71. The number of benzene rings is 1. The monoisotopic (exact) mass is 301 g/mol. The third-order valence-corrected chi connectivity index (χ3v) is 4.49. The highest BCUT2D eigenvalue weighted by molar-refractivity contribution is 5.33. The van der Waals surface area contributed by atoms with Crippen molar-refractivity contribution in [3.8, 4) is 5.75 Å². The predicted molar refractivity (Wildman–Crippen MR) is 84.8 cm³/mol. The van der Waals surface area contributed by atoms with Crippen molar-refractivity contribution in [1.29, 1.82) is 0 Å². The molecule has 0 saturated carbocycles. The van der Waals surface area contributed by atoms with E-state index in [0.29, 0.717) is 5.92 Å². The van der Waals surface area contributed by atoms with Crippen molar-refractivity contribution in [2.75, 3.05) is 26.8 Å². The Balaban J connectivity index is 1.74. The summed E-state index contributed by atoms with van der Waals surface area (Å²) in [7, 11) is 3.64. The van der Waals surface area contributed by atoms with Gasteiger partial charge in [0.2, 0.25) is 0 Å². The van der Waals surface area contributed by atoms with Crippen molar-refractivity contribution in [2.45, 2.75) is 12.5 Å². The number of likely N-dealkylation sites (tertiary alicyclic amines) is 1. The Bertz CT molecular complexity index is 626. The smallest absolute Gasteiger partial charge is 0.123 e. The number of hydrogen-bond donors (Lipinski definition) is 1. The highest BCUT2D eigenvalue weighted by atomic mass is 16.5. The molecule has 0 radical (unpaired) electrons. The van der Waals surface area contributed by atoms with Gasteiger partial charge in [-0.1, -0.05) is 18.2 Å². The fourth-order valence-corrected chi connectivity index (χ4v) is 3.36. The fraction of sp³-hybridized carbons (Fsp3) is 0.471. The first-order valence-electron chi connectivity index (χ1n) is 7.65. The van der Waals surface area contributed by atoms with Gasteiger partial charge in [0.05, 0.1) is 13.3 Å². The maximum Gasteiger partial charge on any atom is 0.123 e. The summed E-state index contributed by atoms with van der Waals surface area (Å²) in [5.41, 5.74) is 2.40. The fourth-order valence-electron chi connectivity index (χ4n) is 3.36. The molecule has 118 valence electrons. The Morgan fingerprint density at radius 1 is 1.32 bits per heavy atom. The molecule has 0 amide bonds. The molecule has 2 aromatic rings. The molecule has 1 aliphatic heterocycles. The van der Waals surface area contributed by atoms with Crippen molar-refractivity contribution < 1.29 is 9.84 Å². The Morgan fingerprint density at radius 3 is 2.82 bits per heavy atom. The van der Waals surface area contributed by atoms with Crippen LogP contribution in [0.5, 0.6) is 5.75 Å². The van der Waals surface area contributed by atoms with E-state index >= 15 is 0 Å². The van der Waals surface area contributed by atoms with E-state index in [1.807, 2.05) is 36.1 Å². The molecule has 3 rings (SSSR count). The van der Waals surface area contributed by atoms with Gasteiger partial charge in [0.1, 0.15) is 5.75 Å². The SMILES string of the molecule is COc1ccccc1CN1C[C@@H](CO)[C@H](c2cnn(C)c2)C1. The van der Waals surface area contributed by atoms with E-state index < -0.39 is 0 Å². The van der Waals surface area contributed by atoms with Crippen molar-refractivity contribution >= 4 is 0 Å². The van der Waals surface area contributed by atoms with Crippen molar-refractivity contribution in [3.05, 3.63) is 47.8 Å². The Kier molecular flexibility index (Phi) is 4.45. The van der Waals surface area contributed by atoms with E-state index in [1.165, 1.54) is 11.1 Å². The van der Waals surface area contributed by atoms with E-state index in [2.05, 4.69) is 22.3 Å². The first-order valence-corrected chi connectivity index (χ1v) is 7.65. The molecule has 0 spiro atoms. The highest BCUT2D eigenvalue weighted by Gasteiger charge is 2.34. The topological polar surface area (TPSA) is 50.5 Å². The molecule has 0 aliphatic carbocycles. The van der Waals surface area contributed by atoms with Crippen LogP contribution >= 0.6 is 0 Å². The van der Waals surface area contributed by atoms with Gasteiger partial charge in [-0.15, -0.1) is 0 Å². The van der Waals surface area contributed by atoms with Gasteiger partial charge < -0.3 is 9.84 Å². The second kappa shape index (κ2) is 6.50. The molecule has 0 unspecified atom stereocenters. The van der Waals surface area contributed by atoms with Crippen molar-refractivity contribution in [3.63, 3.8) is 0 Å².